The maximum absolute atomic E-state index is 5.35. The van der Waals surface area contributed by atoms with Gasteiger partial charge < -0.3 is 10.1 Å². The van der Waals surface area contributed by atoms with Crippen molar-refractivity contribution >= 4 is 0 Å². The van der Waals surface area contributed by atoms with E-state index in [0.29, 0.717) is 11.5 Å². The van der Waals surface area contributed by atoms with Gasteiger partial charge in [0, 0.05) is 13.7 Å². The fourth-order valence-corrected chi connectivity index (χ4v) is 1.78. The molecule has 2 heteroatoms. The number of nitrogens with one attached hydrogen (secondary N) is 1. The maximum Gasteiger partial charge on any atom is 0.0548 e. The molecule has 0 saturated heterocycles. The van der Waals surface area contributed by atoms with E-state index in [4.69, 9.17) is 4.74 Å². The average molecular weight is 215 g/mol. The topological polar surface area (TPSA) is 21.3 Å². The van der Waals surface area contributed by atoms with Crippen molar-refractivity contribution in [2.24, 2.45) is 11.3 Å². The van der Waals surface area contributed by atoms with E-state index >= 15 is 0 Å². The van der Waals surface area contributed by atoms with Gasteiger partial charge >= 0.3 is 0 Å². The van der Waals surface area contributed by atoms with E-state index < -0.39 is 0 Å². The van der Waals surface area contributed by atoms with Gasteiger partial charge in [0.25, 0.3) is 0 Å². The van der Waals surface area contributed by atoms with E-state index in [2.05, 4.69) is 39.9 Å². The highest BCUT2D eigenvalue weighted by atomic mass is 16.5. The van der Waals surface area contributed by atoms with E-state index in [0.717, 1.165) is 25.4 Å². The van der Waals surface area contributed by atoms with Crippen LogP contribution in [-0.4, -0.2) is 26.3 Å². The molecule has 2 atom stereocenters. The van der Waals surface area contributed by atoms with Crippen LogP contribution in [0.15, 0.2) is 0 Å². The molecular formula is C13H29NO. The van der Waals surface area contributed by atoms with Crippen LogP contribution in [0.2, 0.25) is 0 Å². The number of methoxy groups -OCH3 is 1. The lowest BCUT2D eigenvalue weighted by Crippen LogP contribution is -2.35. The first kappa shape index (κ1) is 14.9. The van der Waals surface area contributed by atoms with E-state index in [1.54, 1.807) is 7.11 Å². The third kappa shape index (κ3) is 6.91. The van der Waals surface area contributed by atoms with Gasteiger partial charge in [-0.05, 0) is 37.6 Å². The Morgan fingerprint density at radius 1 is 1.27 bits per heavy atom. The maximum atomic E-state index is 5.35. The van der Waals surface area contributed by atoms with Crippen LogP contribution in [0.4, 0.5) is 0 Å². The zero-order valence-corrected chi connectivity index (χ0v) is 11.4. The number of ether oxygens (including phenoxy) is 1. The molecule has 2 unspecified atom stereocenters. The second-order valence-electron chi connectivity index (χ2n) is 5.44. The molecule has 0 aromatic rings. The predicted octanol–water partition coefficient (Wildman–Crippen LogP) is 3.07. The van der Waals surface area contributed by atoms with Gasteiger partial charge in [0.15, 0.2) is 0 Å². The summed E-state index contributed by atoms with van der Waals surface area (Å²) in [5.41, 5.74) is 0.365. The highest BCUT2D eigenvalue weighted by molar-refractivity contribution is 4.78. The smallest absolute Gasteiger partial charge is 0.0548 e. The minimum Gasteiger partial charge on any atom is -0.382 e. The van der Waals surface area contributed by atoms with Gasteiger partial charge in [-0.25, -0.2) is 0 Å². The second-order valence-corrected chi connectivity index (χ2v) is 5.44. The molecule has 0 aromatic heterocycles. The molecule has 0 spiro atoms. The first-order valence-electron chi connectivity index (χ1n) is 6.17. The van der Waals surface area contributed by atoms with Crippen LogP contribution < -0.4 is 5.32 Å². The summed E-state index contributed by atoms with van der Waals surface area (Å²) in [6.45, 7) is 13.4. The fraction of sp³-hybridized carbons (Fsp3) is 1.00. The van der Waals surface area contributed by atoms with Crippen molar-refractivity contribution in [2.45, 2.75) is 53.6 Å². The molecule has 0 radical (unpaired) electrons. The minimum atomic E-state index is 0.357. The second kappa shape index (κ2) is 7.24. The monoisotopic (exact) mass is 215 g/mol. The molecule has 0 rings (SSSR count). The molecule has 0 amide bonds. The average Bonchev–Trinajstić information content (AvgIpc) is 2.17. The largest absolute Gasteiger partial charge is 0.382 e. The molecule has 0 bridgehead atoms. The van der Waals surface area contributed by atoms with E-state index in [1.807, 2.05) is 0 Å². The van der Waals surface area contributed by atoms with Crippen LogP contribution in [0.5, 0.6) is 0 Å². The standard InChI is InChI=1S/C13H29NO/c1-7-13(5,8-12(4)15-6)10-14-9-11(2)3/h11-12,14H,7-10H2,1-6H3. The van der Waals surface area contributed by atoms with Crippen LogP contribution in [0, 0.1) is 11.3 Å². The summed E-state index contributed by atoms with van der Waals surface area (Å²) in [4.78, 5) is 0. The summed E-state index contributed by atoms with van der Waals surface area (Å²) < 4.78 is 5.35. The lowest BCUT2D eigenvalue weighted by atomic mass is 9.82. The lowest BCUT2D eigenvalue weighted by molar-refractivity contribution is 0.0676. The summed E-state index contributed by atoms with van der Waals surface area (Å²) in [6.07, 6.45) is 2.69. The van der Waals surface area contributed by atoms with Gasteiger partial charge in [0.2, 0.25) is 0 Å². The van der Waals surface area contributed by atoms with Gasteiger partial charge in [-0.1, -0.05) is 27.7 Å². The van der Waals surface area contributed by atoms with Crippen molar-refractivity contribution < 1.29 is 4.74 Å². The van der Waals surface area contributed by atoms with Crippen molar-refractivity contribution in [3.8, 4) is 0 Å². The van der Waals surface area contributed by atoms with Crippen molar-refractivity contribution in [3.05, 3.63) is 0 Å². The number of hydrogen-bond acceptors (Lipinski definition) is 2. The van der Waals surface area contributed by atoms with Crippen molar-refractivity contribution in [1.82, 2.24) is 5.32 Å². The van der Waals surface area contributed by atoms with Gasteiger partial charge in [0.05, 0.1) is 6.10 Å². The highest BCUT2D eigenvalue weighted by Gasteiger charge is 2.24. The third-order valence-corrected chi connectivity index (χ3v) is 3.14. The van der Waals surface area contributed by atoms with Crippen LogP contribution in [0.25, 0.3) is 0 Å². The molecule has 0 aliphatic heterocycles. The van der Waals surface area contributed by atoms with Crippen molar-refractivity contribution in [3.63, 3.8) is 0 Å². The Hall–Kier alpha value is -0.0800. The fourth-order valence-electron chi connectivity index (χ4n) is 1.78. The number of rotatable bonds is 8. The summed E-state index contributed by atoms with van der Waals surface area (Å²) in [5, 5.41) is 3.55. The van der Waals surface area contributed by atoms with Gasteiger partial charge in [-0.15, -0.1) is 0 Å². The molecule has 2 nitrogen and oxygen atoms in total. The summed E-state index contributed by atoms with van der Waals surface area (Å²) in [7, 11) is 1.79. The van der Waals surface area contributed by atoms with Crippen LogP contribution in [0.1, 0.15) is 47.5 Å². The minimum absolute atomic E-state index is 0.357. The molecule has 0 heterocycles. The van der Waals surface area contributed by atoms with E-state index in [-0.39, 0.29) is 0 Å². The van der Waals surface area contributed by atoms with Gasteiger partial charge in [0.1, 0.15) is 0 Å². The number of hydrogen-bond donors (Lipinski definition) is 1. The SMILES string of the molecule is CCC(C)(CNCC(C)C)CC(C)OC. The first-order chi connectivity index (χ1) is 6.93. The van der Waals surface area contributed by atoms with E-state index in [1.165, 1.54) is 6.42 Å². The van der Waals surface area contributed by atoms with Crippen molar-refractivity contribution in [1.29, 1.82) is 0 Å². The van der Waals surface area contributed by atoms with Crippen LogP contribution >= 0.6 is 0 Å². The zero-order valence-electron chi connectivity index (χ0n) is 11.4. The quantitative estimate of drug-likeness (QED) is 0.672. The highest BCUT2D eigenvalue weighted by Crippen LogP contribution is 2.27. The molecular weight excluding hydrogens is 186 g/mol. The lowest BCUT2D eigenvalue weighted by Gasteiger charge is -2.31. The predicted molar refractivity (Wildman–Crippen MR) is 67.2 cm³/mol. The summed E-state index contributed by atoms with van der Waals surface area (Å²) >= 11 is 0. The Bertz CT molecular complexity index is 159. The normalized spacial score (nSPS) is 17.8. The molecule has 0 fully saturated rings. The van der Waals surface area contributed by atoms with Crippen LogP contribution in [0.3, 0.4) is 0 Å². The van der Waals surface area contributed by atoms with Gasteiger partial charge in [-0.3, -0.25) is 0 Å². The molecule has 0 aliphatic rings. The zero-order chi connectivity index (χ0) is 11.9. The Labute approximate surface area is 95.8 Å². The Morgan fingerprint density at radius 2 is 1.87 bits per heavy atom. The van der Waals surface area contributed by atoms with Crippen molar-refractivity contribution in [2.75, 3.05) is 20.2 Å². The molecule has 0 aliphatic carbocycles. The summed E-state index contributed by atoms with van der Waals surface area (Å²) in [6, 6.07) is 0. The molecule has 0 saturated carbocycles. The Morgan fingerprint density at radius 3 is 2.27 bits per heavy atom. The van der Waals surface area contributed by atoms with Crippen LogP contribution in [-0.2, 0) is 4.74 Å². The Kier molecular flexibility index (Phi) is 7.20. The Balaban J connectivity index is 3.95. The molecule has 92 valence electrons. The summed E-state index contributed by atoms with van der Waals surface area (Å²) in [5.74, 6) is 0.728. The first-order valence-corrected chi connectivity index (χ1v) is 6.17. The van der Waals surface area contributed by atoms with E-state index in [9.17, 15) is 0 Å². The van der Waals surface area contributed by atoms with Gasteiger partial charge in [-0.2, -0.15) is 0 Å². The molecule has 0 aromatic carbocycles. The molecule has 1 N–H and O–H groups in total. The third-order valence-electron chi connectivity index (χ3n) is 3.14. The molecule has 15 heavy (non-hydrogen) atoms.